The molecule has 0 spiro atoms. The third-order valence-electron chi connectivity index (χ3n) is 1.87. The van der Waals surface area contributed by atoms with Gasteiger partial charge in [0.15, 0.2) is 0 Å². The molecule has 0 unspecified atom stereocenters. The van der Waals surface area contributed by atoms with E-state index in [1.807, 2.05) is 0 Å². The summed E-state index contributed by atoms with van der Waals surface area (Å²) in [6, 6.07) is 0. The number of rotatable bonds is 1. The molecule has 0 amide bonds. The first-order valence-corrected chi connectivity index (χ1v) is 2.97. The summed E-state index contributed by atoms with van der Waals surface area (Å²) in [5.74, 6) is -5.68. The van der Waals surface area contributed by atoms with Gasteiger partial charge in [-0.15, -0.1) is 0 Å². The zero-order valence-corrected chi connectivity index (χ0v) is 5.73. The highest BCUT2D eigenvalue weighted by Crippen LogP contribution is 2.55. The van der Waals surface area contributed by atoms with Gasteiger partial charge in [-0.3, -0.25) is 4.79 Å². The summed E-state index contributed by atoms with van der Waals surface area (Å²) in [4.78, 5) is 10.5. The van der Waals surface area contributed by atoms with E-state index in [1.54, 1.807) is 0 Å². The first-order valence-electron chi connectivity index (χ1n) is 2.97. The quantitative estimate of drug-likeness (QED) is 0.522. The molecule has 1 saturated carbocycles. The van der Waals surface area contributed by atoms with Gasteiger partial charge in [-0.25, -0.2) is 8.78 Å². The zero-order valence-electron chi connectivity index (χ0n) is 5.73. The van der Waals surface area contributed by atoms with Gasteiger partial charge in [-0.2, -0.15) is 0 Å². The second-order valence-corrected chi connectivity index (χ2v) is 2.46. The Morgan fingerprint density at radius 2 is 2.00 bits per heavy atom. The molecule has 4 heteroatoms. The molecule has 10 heavy (non-hydrogen) atoms. The lowest BCUT2D eigenvalue weighted by Gasteiger charge is -1.93. The predicted molar refractivity (Wildman–Crippen MR) is 29.6 cm³/mol. The Morgan fingerprint density at radius 3 is 2.10 bits per heavy atom. The lowest BCUT2D eigenvalue weighted by Crippen LogP contribution is -2.08. The number of alkyl halides is 2. The van der Waals surface area contributed by atoms with E-state index in [2.05, 4.69) is 4.74 Å². The SMILES string of the molecule is COC(=O)[C@H]1[C@H](C)C1(F)F. The van der Waals surface area contributed by atoms with Crippen molar-refractivity contribution in [1.29, 1.82) is 0 Å². The van der Waals surface area contributed by atoms with E-state index in [1.165, 1.54) is 6.92 Å². The molecule has 0 aromatic rings. The summed E-state index contributed by atoms with van der Waals surface area (Å²) in [5, 5.41) is 0. The fraction of sp³-hybridized carbons (Fsp3) is 0.833. The zero-order chi connectivity index (χ0) is 7.94. The topological polar surface area (TPSA) is 26.3 Å². The molecule has 0 saturated heterocycles. The van der Waals surface area contributed by atoms with Crippen LogP contribution in [0.5, 0.6) is 0 Å². The molecule has 1 aliphatic carbocycles. The van der Waals surface area contributed by atoms with Gasteiger partial charge in [0.1, 0.15) is 5.92 Å². The number of halogens is 2. The third kappa shape index (κ3) is 0.786. The molecule has 1 aliphatic rings. The largest absolute Gasteiger partial charge is 0.469 e. The van der Waals surface area contributed by atoms with Crippen LogP contribution in [0.2, 0.25) is 0 Å². The van der Waals surface area contributed by atoms with Gasteiger partial charge < -0.3 is 4.74 Å². The summed E-state index contributed by atoms with van der Waals surface area (Å²) in [7, 11) is 1.11. The van der Waals surface area contributed by atoms with E-state index in [9.17, 15) is 13.6 Å². The molecule has 58 valence electrons. The van der Waals surface area contributed by atoms with E-state index in [4.69, 9.17) is 0 Å². The molecule has 2 nitrogen and oxygen atoms in total. The number of methoxy groups -OCH3 is 1. The van der Waals surface area contributed by atoms with Crippen LogP contribution < -0.4 is 0 Å². The first-order chi connectivity index (χ1) is 4.51. The van der Waals surface area contributed by atoms with E-state index < -0.39 is 23.7 Å². The van der Waals surface area contributed by atoms with Gasteiger partial charge in [0, 0.05) is 5.92 Å². The summed E-state index contributed by atoms with van der Waals surface area (Å²) in [6.45, 7) is 1.33. The van der Waals surface area contributed by atoms with Crippen molar-refractivity contribution in [2.75, 3.05) is 7.11 Å². The molecule has 1 rings (SSSR count). The fourth-order valence-electron chi connectivity index (χ4n) is 0.968. The van der Waals surface area contributed by atoms with Crippen LogP contribution in [-0.2, 0) is 9.53 Å². The minimum Gasteiger partial charge on any atom is -0.469 e. The van der Waals surface area contributed by atoms with Crippen LogP contribution in [0.15, 0.2) is 0 Å². The third-order valence-corrected chi connectivity index (χ3v) is 1.87. The number of esters is 1. The summed E-state index contributed by atoms with van der Waals surface area (Å²) in [6.07, 6.45) is 0. The molecule has 0 aromatic carbocycles. The van der Waals surface area contributed by atoms with Gasteiger partial charge in [0.2, 0.25) is 0 Å². The van der Waals surface area contributed by atoms with Crippen molar-refractivity contribution in [3.05, 3.63) is 0 Å². The maximum absolute atomic E-state index is 12.3. The van der Waals surface area contributed by atoms with Crippen molar-refractivity contribution < 1.29 is 18.3 Å². The summed E-state index contributed by atoms with van der Waals surface area (Å²) < 4.78 is 28.8. The van der Waals surface area contributed by atoms with Crippen LogP contribution in [0.3, 0.4) is 0 Å². The maximum Gasteiger partial charge on any atom is 0.315 e. The van der Waals surface area contributed by atoms with E-state index in [-0.39, 0.29) is 0 Å². The molecule has 0 aromatic heterocycles. The van der Waals surface area contributed by atoms with Crippen molar-refractivity contribution in [3.63, 3.8) is 0 Å². The number of ether oxygens (including phenoxy) is 1. The monoisotopic (exact) mass is 150 g/mol. The Balaban J connectivity index is 2.57. The Kier molecular flexibility index (Phi) is 1.42. The molecule has 0 bridgehead atoms. The minimum absolute atomic E-state index is 0.808. The Labute approximate surface area is 57.2 Å². The fourth-order valence-corrected chi connectivity index (χ4v) is 0.968. The molecule has 1 fully saturated rings. The van der Waals surface area contributed by atoms with Gasteiger partial charge in [-0.1, -0.05) is 6.92 Å². The molecule has 0 radical (unpaired) electrons. The maximum atomic E-state index is 12.3. The van der Waals surface area contributed by atoms with Crippen LogP contribution in [-0.4, -0.2) is 19.0 Å². The lowest BCUT2D eigenvalue weighted by atomic mass is 10.3. The minimum atomic E-state index is -2.83. The van der Waals surface area contributed by atoms with Gasteiger partial charge in [-0.05, 0) is 0 Å². The van der Waals surface area contributed by atoms with E-state index >= 15 is 0 Å². The van der Waals surface area contributed by atoms with E-state index in [0.29, 0.717) is 0 Å². The molecule has 0 aliphatic heterocycles. The van der Waals surface area contributed by atoms with Gasteiger partial charge in [0.05, 0.1) is 7.11 Å². The van der Waals surface area contributed by atoms with Crippen LogP contribution in [0, 0.1) is 11.8 Å². The second-order valence-electron chi connectivity index (χ2n) is 2.46. The second kappa shape index (κ2) is 1.90. The first kappa shape index (κ1) is 7.44. The predicted octanol–water partition coefficient (Wildman–Crippen LogP) is 1.06. The average Bonchev–Trinajstić information content (AvgIpc) is 2.33. The normalized spacial score (nSPS) is 35.2. The highest BCUT2D eigenvalue weighted by Gasteiger charge is 2.70. The number of carbonyl (C=O) groups excluding carboxylic acids is 1. The Morgan fingerprint density at radius 1 is 1.60 bits per heavy atom. The standard InChI is InChI=1S/C6H8F2O2/c1-3-4(5(9)10-2)6(3,7)8/h3-4H,1-2H3/t3-,4+/m0/s1. The van der Waals surface area contributed by atoms with Gasteiger partial charge >= 0.3 is 5.97 Å². The molecule has 2 atom stereocenters. The van der Waals surface area contributed by atoms with Crippen LogP contribution in [0.4, 0.5) is 8.78 Å². The number of carbonyl (C=O) groups is 1. The van der Waals surface area contributed by atoms with Crippen LogP contribution >= 0.6 is 0 Å². The Hall–Kier alpha value is -0.670. The van der Waals surface area contributed by atoms with Crippen LogP contribution in [0.1, 0.15) is 6.92 Å². The van der Waals surface area contributed by atoms with Crippen molar-refractivity contribution in [1.82, 2.24) is 0 Å². The summed E-state index contributed by atoms with van der Waals surface area (Å²) >= 11 is 0. The van der Waals surface area contributed by atoms with Crippen LogP contribution in [0.25, 0.3) is 0 Å². The molecule has 0 heterocycles. The van der Waals surface area contributed by atoms with Crippen molar-refractivity contribution in [2.45, 2.75) is 12.8 Å². The lowest BCUT2D eigenvalue weighted by molar-refractivity contribution is -0.144. The van der Waals surface area contributed by atoms with Gasteiger partial charge in [0.25, 0.3) is 5.92 Å². The van der Waals surface area contributed by atoms with Crippen molar-refractivity contribution >= 4 is 5.97 Å². The highest BCUT2D eigenvalue weighted by molar-refractivity contribution is 5.77. The Bertz CT molecular complexity index is 167. The van der Waals surface area contributed by atoms with Crippen molar-refractivity contribution in [2.24, 2.45) is 11.8 Å². The number of hydrogen-bond acceptors (Lipinski definition) is 2. The smallest absolute Gasteiger partial charge is 0.315 e. The number of hydrogen-bond donors (Lipinski definition) is 0. The average molecular weight is 150 g/mol. The summed E-state index contributed by atoms with van der Waals surface area (Å²) in [5.41, 5.74) is 0. The molecule has 0 N–H and O–H groups in total. The van der Waals surface area contributed by atoms with E-state index in [0.717, 1.165) is 7.11 Å². The highest BCUT2D eigenvalue weighted by atomic mass is 19.3. The molecular weight excluding hydrogens is 142 g/mol. The van der Waals surface area contributed by atoms with Crippen molar-refractivity contribution in [3.8, 4) is 0 Å². The molecular formula is C6H8F2O2.